The van der Waals surface area contributed by atoms with Gasteiger partial charge in [0.2, 0.25) is 5.91 Å². The molecule has 0 aliphatic heterocycles. The average Bonchev–Trinajstić information content (AvgIpc) is 3.03. The zero-order valence-corrected chi connectivity index (χ0v) is 15.8. The van der Waals surface area contributed by atoms with Crippen LogP contribution in [-0.4, -0.2) is 38.7 Å². The van der Waals surface area contributed by atoms with Gasteiger partial charge in [-0.3, -0.25) is 4.79 Å². The zero-order valence-electron chi connectivity index (χ0n) is 15.0. The van der Waals surface area contributed by atoms with E-state index >= 15 is 0 Å². The van der Waals surface area contributed by atoms with E-state index in [9.17, 15) is 4.79 Å². The molecule has 0 fully saturated rings. The first-order valence-electron chi connectivity index (χ1n) is 8.51. The number of carbonyl (C=O) groups is 1. The van der Waals surface area contributed by atoms with Gasteiger partial charge in [-0.05, 0) is 38.5 Å². The Hall–Kier alpha value is -2.67. The van der Waals surface area contributed by atoms with Crippen LogP contribution in [0.3, 0.4) is 0 Å². The van der Waals surface area contributed by atoms with Crippen molar-refractivity contribution >= 4 is 40.0 Å². The summed E-state index contributed by atoms with van der Waals surface area (Å²) in [4.78, 5) is 23.2. The molecule has 0 spiro atoms. The fraction of sp³-hybridized carbons (Fsp3) is 0.333. The fourth-order valence-corrected chi connectivity index (χ4v) is 2.96. The van der Waals surface area contributed by atoms with Gasteiger partial charge in [0.25, 0.3) is 0 Å². The maximum atomic E-state index is 12.4. The van der Waals surface area contributed by atoms with Crippen molar-refractivity contribution in [2.45, 2.75) is 27.3 Å². The first-order chi connectivity index (χ1) is 12.5. The molecule has 7 nitrogen and oxygen atoms in total. The number of aryl methyl sites for hydroxylation is 1. The number of nitrogens with zero attached hydrogens (tertiary/aromatic N) is 5. The number of hydrogen-bond acceptors (Lipinski definition) is 5. The molecule has 2 aromatic heterocycles. The van der Waals surface area contributed by atoms with E-state index in [1.807, 2.05) is 19.1 Å². The van der Waals surface area contributed by atoms with E-state index in [2.05, 4.69) is 39.1 Å². The number of hydrogen-bond donors (Lipinski definition) is 1. The molecule has 26 heavy (non-hydrogen) atoms. The van der Waals surface area contributed by atoms with E-state index in [0.717, 1.165) is 29.9 Å². The van der Waals surface area contributed by atoms with Crippen molar-refractivity contribution < 1.29 is 4.79 Å². The van der Waals surface area contributed by atoms with E-state index in [1.165, 1.54) is 6.33 Å². The van der Waals surface area contributed by atoms with Crippen LogP contribution in [0, 0.1) is 6.92 Å². The van der Waals surface area contributed by atoms with Crippen LogP contribution in [-0.2, 0) is 11.3 Å². The lowest BCUT2D eigenvalue weighted by molar-refractivity contribution is -0.116. The Morgan fingerprint density at radius 1 is 1.27 bits per heavy atom. The minimum Gasteiger partial charge on any atom is -0.356 e. The summed E-state index contributed by atoms with van der Waals surface area (Å²) in [7, 11) is 0. The number of nitrogens with one attached hydrogen (secondary N) is 1. The second-order valence-electron chi connectivity index (χ2n) is 5.92. The summed E-state index contributed by atoms with van der Waals surface area (Å²) in [5.41, 5.74) is 2.25. The summed E-state index contributed by atoms with van der Waals surface area (Å²) in [6, 6.07) is 5.42. The van der Waals surface area contributed by atoms with Crippen molar-refractivity contribution in [2.75, 3.05) is 23.3 Å². The topological polar surface area (TPSA) is 75.9 Å². The number of rotatable bonds is 6. The summed E-state index contributed by atoms with van der Waals surface area (Å²) >= 11 is 6.10. The second-order valence-corrected chi connectivity index (χ2v) is 6.33. The molecule has 0 saturated carbocycles. The van der Waals surface area contributed by atoms with E-state index in [-0.39, 0.29) is 12.5 Å². The summed E-state index contributed by atoms with van der Waals surface area (Å²) in [5, 5.41) is 8.61. The van der Waals surface area contributed by atoms with Gasteiger partial charge < -0.3 is 10.2 Å². The predicted molar refractivity (Wildman–Crippen MR) is 104 cm³/mol. The molecule has 3 rings (SSSR count). The van der Waals surface area contributed by atoms with Crippen LogP contribution in [0.5, 0.6) is 0 Å². The van der Waals surface area contributed by atoms with Gasteiger partial charge >= 0.3 is 0 Å². The first-order valence-corrected chi connectivity index (χ1v) is 8.88. The quantitative estimate of drug-likeness (QED) is 0.718. The van der Waals surface area contributed by atoms with Crippen molar-refractivity contribution in [2.24, 2.45) is 0 Å². The number of carbonyl (C=O) groups excluding carboxylic acids is 1. The Balaban J connectivity index is 1.81. The minimum absolute atomic E-state index is 0.0592. The third kappa shape index (κ3) is 3.62. The summed E-state index contributed by atoms with van der Waals surface area (Å²) in [6.45, 7) is 7.79. The molecule has 0 saturated heterocycles. The number of aromatic nitrogens is 4. The highest BCUT2D eigenvalue weighted by atomic mass is 35.5. The third-order valence-electron chi connectivity index (χ3n) is 4.22. The maximum Gasteiger partial charge on any atom is 0.246 e. The highest BCUT2D eigenvalue weighted by Gasteiger charge is 2.15. The van der Waals surface area contributed by atoms with Crippen molar-refractivity contribution in [3.63, 3.8) is 0 Å². The van der Waals surface area contributed by atoms with Gasteiger partial charge in [-0.2, -0.15) is 5.10 Å². The largest absolute Gasteiger partial charge is 0.356 e. The van der Waals surface area contributed by atoms with Crippen molar-refractivity contribution in [1.82, 2.24) is 19.7 Å². The smallest absolute Gasteiger partial charge is 0.246 e. The van der Waals surface area contributed by atoms with E-state index in [0.29, 0.717) is 16.4 Å². The van der Waals surface area contributed by atoms with Gasteiger partial charge in [0.15, 0.2) is 5.65 Å². The highest BCUT2D eigenvalue weighted by Crippen LogP contribution is 2.23. The van der Waals surface area contributed by atoms with Gasteiger partial charge in [-0.25, -0.2) is 14.6 Å². The van der Waals surface area contributed by atoms with Crippen molar-refractivity contribution in [1.29, 1.82) is 0 Å². The first kappa shape index (κ1) is 18.1. The van der Waals surface area contributed by atoms with Crippen LogP contribution in [0.1, 0.15) is 19.4 Å². The SMILES string of the molecule is CCN(CC)c1ncnc2c1cnn2CC(=O)Nc1ccc(C)c(Cl)c1. The Morgan fingerprint density at radius 2 is 2.04 bits per heavy atom. The zero-order chi connectivity index (χ0) is 18.7. The van der Waals surface area contributed by atoms with E-state index in [4.69, 9.17) is 11.6 Å². The molecule has 0 unspecified atom stereocenters. The molecule has 3 aromatic rings. The van der Waals surface area contributed by atoms with Gasteiger partial charge in [0.05, 0.1) is 11.6 Å². The molecule has 1 aromatic carbocycles. The molecule has 0 aliphatic carbocycles. The lowest BCUT2D eigenvalue weighted by Crippen LogP contribution is -2.23. The van der Waals surface area contributed by atoms with Crippen molar-refractivity contribution in [3.05, 3.63) is 41.3 Å². The number of benzene rings is 1. The summed E-state index contributed by atoms with van der Waals surface area (Å²) < 4.78 is 1.58. The van der Waals surface area contributed by atoms with Crippen LogP contribution in [0.15, 0.2) is 30.7 Å². The lowest BCUT2D eigenvalue weighted by atomic mass is 10.2. The molecule has 0 bridgehead atoms. The molecular formula is C18H21ClN6O. The Morgan fingerprint density at radius 3 is 2.73 bits per heavy atom. The normalized spacial score (nSPS) is 10.9. The van der Waals surface area contributed by atoms with Crippen LogP contribution >= 0.6 is 11.6 Å². The third-order valence-corrected chi connectivity index (χ3v) is 4.63. The standard InChI is InChI=1S/C18H21ClN6O/c1-4-24(5-2)17-14-9-22-25(18(14)21-11-20-17)10-16(26)23-13-7-6-12(3)15(19)8-13/h6-9,11H,4-5,10H2,1-3H3,(H,23,26). The second kappa shape index (κ2) is 7.70. The van der Waals surface area contributed by atoms with Gasteiger partial charge in [0, 0.05) is 23.8 Å². The van der Waals surface area contributed by atoms with Crippen LogP contribution < -0.4 is 10.2 Å². The van der Waals surface area contributed by atoms with Gasteiger partial charge in [-0.15, -0.1) is 0 Å². The monoisotopic (exact) mass is 372 g/mol. The molecule has 0 atom stereocenters. The van der Waals surface area contributed by atoms with Crippen molar-refractivity contribution in [3.8, 4) is 0 Å². The predicted octanol–water partition coefficient (Wildman–Crippen LogP) is 3.27. The Labute approximate surface area is 157 Å². The Kier molecular flexibility index (Phi) is 5.37. The number of halogens is 1. The lowest BCUT2D eigenvalue weighted by Gasteiger charge is -2.19. The summed E-state index contributed by atoms with van der Waals surface area (Å²) in [6.07, 6.45) is 3.21. The molecule has 8 heteroatoms. The van der Waals surface area contributed by atoms with Gasteiger partial charge in [-0.1, -0.05) is 17.7 Å². The Bertz CT molecular complexity index is 935. The summed E-state index contributed by atoms with van der Waals surface area (Å²) in [5.74, 6) is 0.634. The maximum absolute atomic E-state index is 12.4. The van der Waals surface area contributed by atoms with Gasteiger partial charge in [0.1, 0.15) is 18.7 Å². The molecule has 0 aliphatic rings. The van der Waals surface area contributed by atoms with Crippen LogP contribution in [0.25, 0.3) is 11.0 Å². The van der Waals surface area contributed by atoms with E-state index < -0.39 is 0 Å². The molecule has 1 N–H and O–H groups in total. The van der Waals surface area contributed by atoms with E-state index in [1.54, 1.807) is 16.9 Å². The fourth-order valence-electron chi connectivity index (χ4n) is 2.78. The molecule has 1 amide bonds. The molecule has 0 radical (unpaired) electrons. The van der Waals surface area contributed by atoms with Crippen LogP contribution in [0.2, 0.25) is 5.02 Å². The number of fused-ring (bicyclic) bond motifs is 1. The molecule has 136 valence electrons. The molecular weight excluding hydrogens is 352 g/mol. The average molecular weight is 373 g/mol. The number of anilines is 2. The minimum atomic E-state index is -0.196. The molecule has 2 heterocycles. The highest BCUT2D eigenvalue weighted by molar-refractivity contribution is 6.31. The number of amides is 1. The van der Waals surface area contributed by atoms with Crippen LogP contribution in [0.4, 0.5) is 11.5 Å².